The zero-order valence-corrected chi connectivity index (χ0v) is 11.2. The highest BCUT2D eigenvalue weighted by Crippen LogP contribution is 2.17. The van der Waals surface area contributed by atoms with E-state index in [1.165, 1.54) is 19.4 Å². The summed E-state index contributed by atoms with van der Waals surface area (Å²) in [5, 5.41) is 4.62. The molecule has 2 amide bonds. The van der Waals surface area contributed by atoms with Gasteiger partial charge in [-0.15, -0.1) is 0 Å². The van der Waals surface area contributed by atoms with Crippen LogP contribution in [0.25, 0.3) is 0 Å². The first-order chi connectivity index (χ1) is 10.1. The van der Waals surface area contributed by atoms with Gasteiger partial charge in [-0.3, -0.25) is 0 Å². The van der Waals surface area contributed by atoms with Crippen LogP contribution in [-0.2, 0) is 6.54 Å². The van der Waals surface area contributed by atoms with Gasteiger partial charge in [-0.25, -0.2) is 18.6 Å². The fraction of sp³-hybridized carbons (Fsp3) is 0.143. The maximum Gasteiger partial charge on any atom is 0.319 e. The van der Waals surface area contributed by atoms with Crippen molar-refractivity contribution in [3.8, 4) is 5.88 Å². The van der Waals surface area contributed by atoms with Crippen LogP contribution in [0.15, 0.2) is 36.5 Å². The summed E-state index contributed by atoms with van der Waals surface area (Å²) in [4.78, 5) is 15.6. The second kappa shape index (κ2) is 6.65. The molecule has 0 fully saturated rings. The molecule has 7 heteroatoms. The van der Waals surface area contributed by atoms with Crippen molar-refractivity contribution in [2.45, 2.75) is 6.54 Å². The van der Waals surface area contributed by atoms with E-state index in [2.05, 4.69) is 15.6 Å². The molecule has 0 aliphatic carbocycles. The lowest BCUT2D eigenvalue weighted by atomic mass is 10.2. The Kier molecular flexibility index (Phi) is 4.65. The van der Waals surface area contributed by atoms with Gasteiger partial charge in [-0.2, -0.15) is 0 Å². The summed E-state index contributed by atoms with van der Waals surface area (Å²) in [5.41, 5.74) is 0.258. The smallest absolute Gasteiger partial charge is 0.319 e. The Morgan fingerprint density at radius 3 is 2.67 bits per heavy atom. The van der Waals surface area contributed by atoms with E-state index in [9.17, 15) is 13.6 Å². The number of nitrogens with one attached hydrogen (secondary N) is 2. The van der Waals surface area contributed by atoms with Crippen molar-refractivity contribution >= 4 is 11.7 Å². The van der Waals surface area contributed by atoms with Crippen LogP contribution in [0, 0.1) is 11.6 Å². The van der Waals surface area contributed by atoms with E-state index in [4.69, 9.17) is 4.74 Å². The van der Waals surface area contributed by atoms with Gasteiger partial charge in [0.2, 0.25) is 5.88 Å². The molecule has 2 rings (SSSR count). The van der Waals surface area contributed by atoms with Gasteiger partial charge in [0, 0.05) is 18.8 Å². The quantitative estimate of drug-likeness (QED) is 0.911. The number of rotatable bonds is 4. The molecule has 0 unspecified atom stereocenters. The topological polar surface area (TPSA) is 63.2 Å². The number of methoxy groups -OCH3 is 1. The third kappa shape index (κ3) is 3.88. The summed E-state index contributed by atoms with van der Waals surface area (Å²) >= 11 is 0. The van der Waals surface area contributed by atoms with E-state index < -0.39 is 23.4 Å². The molecule has 0 saturated carbocycles. The second-order valence-corrected chi connectivity index (χ2v) is 4.11. The average molecular weight is 293 g/mol. The number of anilines is 1. The summed E-state index contributed by atoms with van der Waals surface area (Å²) < 4.78 is 31.7. The van der Waals surface area contributed by atoms with Crippen molar-refractivity contribution < 1.29 is 18.3 Å². The molecular weight excluding hydrogens is 280 g/mol. The highest BCUT2D eigenvalue weighted by atomic mass is 19.1. The van der Waals surface area contributed by atoms with E-state index in [1.54, 1.807) is 12.1 Å². The van der Waals surface area contributed by atoms with Gasteiger partial charge in [-0.05, 0) is 23.8 Å². The van der Waals surface area contributed by atoms with Crippen molar-refractivity contribution in [3.63, 3.8) is 0 Å². The molecule has 110 valence electrons. The third-order valence-corrected chi connectivity index (χ3v) is 2.66. The summed E-state index contributed by atoms with van der Waals surface area (Å²) in [6.07, 6.45) is 1.53. The van der Waals surface area contributed by atoms with Crippen LogP contribution in [0.2, 0.25) is 0 Å². The predicted molar refractivity (Wildman–Crippen MR) is 73.0 cm³/mol. The molecular formula is C14H13F2N3O2. The van der Waals surface area contributed by atoms with E-state index in [1.807, 2.05) is 0 Å². The lowest BCUT2D eigenvalue weighted by molar-refractivity contribution is 0.251. The van der Waals surface area contributed by atoms with E-state index >= 15 is 0 Å². The van der Waals surface area contributed by atoms with Crippen molar-refractivity contribution in [3.05, 3.63) is 53.7 Å². The Bertz CT molecular complexity index is 630. The van der Waals surface area contributed by atoms with Gasteiger partial charge in [-0.1, -0.05) is 6.07 Å². The largest absolute Gasteiger partial charge is 0.481 e. The number of aromatic nitrogens is 1. The number of carbonyl (C=O) groups is 1. The first kappa shape index (κ1) is 14.7. The van der Waals surface area contributed by atoms with Crippen LogP contribution in [0.3, 0.4) is 0 Å². The van der Waals surface area contributed by atoms with Crippen LogP contribution in [-0.4, -0.2) is 18.1 Å². The van der Waals surface area contributed by atoms with Crippen LogP contribution >= 0.6 is 0 Å². The molecule has 0 spiro atoms. The second-order valence-electron chi connectivity index (χ2n) is 4.11. The number of hydrogen-bond donors (Lipinski definition) is 2. The number of para-hydroxylation sites is 1. The molecule has 0 atom stereocenters. The van der Waals surface area contributed by atoms with E-state index in [-0.39, 0.29) is 6.54 Å². The number of halogens is 2. The maximum absolute atomic E-state index is 13.4. The number of ether oxygens (including phenoxy) is 1. The monoisotopic (exact) mass is 293 g/mol. The van der Waals surface area contributed by atoms with Crippen molar-refractivity contribution in [1.82, 2.24) is 10.3 Å². The average Bonchev–Trinajstić information content (AvgIpc) is 2.49. The highest BCUT2D eigenvalue weighted by molar-refractivity contribution is 5.89. The zero-order valence-electron chi connectivity index (χ0n) is 11.2. The maximum atomic E-state index is 13.4. The zero-order chi connectivity index (χ0) is 15.2. The molecule has 0 aliphatic rings. The normalized spacial score (nSPS) is 10.0. The summed E-state index contributed by atoms with van der Waals surface area (Å²) in [6, 6.07) is 5.96. The van der Waals surface area contributed by atoms with Gasteiger partial charge in [0.05, 0.1) is 7.11 Å². The Labute approximate surface area is 120 Å². The van der Waals surface area contributed by atoms with Crippen molar-refractivity contribution in [2.24, 2.45) is 0 Å². The first-order valence-corrected chi connectivity index (χ1v) is 6.08. The number of benzene rings is 1. The van der Waals surface area contributed by atoms with E-state index in [0.29, 0.717) is 5.88 Å². The Balaban J connectivity index is 1.96. The van der Waals surface area contributed by atoms with Gasteiger partial charge in [0.1, 0.15) is 17.3 Å². The summed E-state index contributed by atoms with van der Waals surface area (Å²) in [6.45, 7) is 0.167. The lowest BCUT2D eigenvalue weighted by Gasteiger charge is -2.09. The van der Waals surface area contributed by atoms with Crippen LogP contribution in [0.4, 0.5) is 19.3 Å². The molecule has 2 N–H and O–H groups in total. The Morgan fingerprint density at radius 2 is 2.00 bits per heavy atom. The number of pyridine rings is 1. The molecule has 0 radical (unpaired) electrons. The number of nitrogens with zero attached hydrogens (tertiary/aromatic N) is 1. The molecule has 5 nitrogen and oxygen atoms in total. The standard InChI is InChI=1S/C14H13F2N3O2/c1-21-12-7-9(5-6-17-12)8-18-14(20)19-13-10(15)3-2-4-11(13)16/h2-7H,8H2,1H3,(H2,18,19,20). The van der Waals surface area contributed by atoms with Crippen LogP contribution in [0.5, 0.6) is 5.88 Å². The Hall–Kier alpha value is -2.70. The number of carbonyl (C=O) groups excluding carboxylic acids is 1. The minimum atomic E-state index is -0.837. The first-order valence-electron chi connectivity index (χ1n) is 6.08. The molecule has 1 aromatic heterocycles. The van der Waals surface area contributed by atoms with Crippen molar-refractivity contribution in [2.75, 3.05) is 12.4 Å². The van der Waals surface area contributed by atoms with Crippen molar-refractivity contribution in [1.29, 1.82) is 0 Å². The fourth-order valence-corrected chi connectivity index (χ4v) is 1.63. The molecule has 2 aromatic rings. The molecule has 0 aliphatic heterocycles. The van der Waals surface area contributed by atoms with Crippen LogP contribution in [0.1, 0.15) is 5.56 Å². The van der Waals surface area contributed by atoms with Crippen LogP contribution < -0.4 is 15.4 Å². The predicted octanol–water partition coefficient (Wildman–Crippen LogP) is 2.69. The summed E-state index contributed by atoms with van der Waals surface area (Å²) in [5.74, 6) is -1.26. The summed E-state index contributed by atoms with van der Waals surface area (Å²) in [7, 11) is 1.48. The third-order valence-electron chi connectivity index (χ3n) is 2.66. The van der Waals surface area contributed by atoms with Gasteiger partial charge >= 0.3 is 6.03 Å². The molecule has 0 saturated heterocycles. The van der Waals surface area contributed by atoms with Gasteiger partial charge in [0.25, 0.3) is 0 Å². The Morgan fingerprint density at radius 1 is 1.29 bits per heavy atom. The number of amides is 2. The SMILES string of the molecule is COc1cc(CNC(=O)Nc2c(F)cccc2F)ccn1. The van der Waals surface area contributed by atoms with E-state index in [0.717, 1.165) is 17.7 Å². The lowest BCUT2D eigenvalue weighted by Crippen LogP contribution is -2.29. The number of hydrogen-bond acceptors (Lipinski definition) is 3. The molecule has 1 heterocycles. The molecule has 0 bridgehead atoms. The molecule has 21 heavy (non-hydrogen) atoms. The highest BCUT2D eigenvalue weighted by Gasteiger charge is 2.11. The minimum Gasteiger partial charge on any atom is -0.481 e. The fourth-order valence-electron chi connectivity index (χ4n) is 1.63. The van der Waals surface area contributed by atoms with Gasteiger partial charge in [0.15, 0.2) is 0 Å². The minimum absolute atomic E-state index is 0.167. The van der Waals surface area contributed by atoms with Gasteiger partial charge < -0.3 is 15.4 Å². The number of urea groups is 1. The molecule has 1 aromatic carbocycles.